The third-order valence-corrected chi connectivity index (χ3v) is 6.67. The van der Waals surface area contributed by atoms with Crippen LogP contribution >= 0.6 is 0 Å². The predicted octanol–water partition coefficient (Wildman–Crippen LogP) is 4.41. The number of hydrazine groups is 1. The molecule has 6 rings (SSSR count). The Morgan fingerprint density at radius 3 is 2.46 bits per heavy atom. The standard InChI is InChI=1S/C28H22N6O/c1-28-23-8-3-5-10-26(23)32(18-20-11-13-22(14-12-20)33-16-6-15-30-33)19-24(28)27(35)34(31-28)25-9-4-2-7-21(25)17-29/h2-16,19,31H,18H2,1H3. The molecule has 1 aromatic heterocycles. The first-order chi connectivity index (χ1) is 17.1. The maximum atomic E-state index is 13.6. The number of carbonyl (C=O) groups excluding carboxylic acids is 1. The molecule has 170 valence electrons. The lowest BCUT2D eigenvalue weighted by atomic mass is 9.82. The van der Waals surface area contributed by atoms with Gasteiger partial charge in [-0.25, -0.2) is 15.1 Å². The number of aromatic nitrogens is 2. The Balaban J connectivity index is 1.38. The van der Waals surface area contributed by atoms with Crippen LogP contribution in [0.15, 0.2) is 103 Å². The number of hydrogen-bond acceptors (Lipinski definition) is 5. The van der Waals surface area contributed by atoms with E-state index in [1.54, 1.807) is 24.4 Å². The van der Waals surface area contributed by atoms with Gasteiger partial charge in [0.1, 0.15) is 6.07 Å². The number of fused-ring (bicyclic) bond motifs is 3. The van der Waals surface area contributed by atoms with Gasteiger partial charge in [0.15, 0.2) is 0 Å². The van der Waals surface area contributed by atoms with Crippen molar-refractivity contribution in [2.75, 3.05) is 9.91 Å². The molecule has 0 saturated carbocycles. The van der Waals surface area contributed by atoms with Gasteiger partial charge in [0.05, 0.1) is 28.1 Å². The smallest absolute Gasteiger partial charge is 0.272 e. The summed E-state index contributed by atoms with van der Waals surface area (Å²) < 4.78 is 1.82. The van der Waals surface area contributed by atoms with Crippen molar-refractivity contribution >= 4 is 17.3 Å². The minimum absolute atomic E-state index is 0.163. The SMILES string of the molecule is CC12NN(c3ccccc3C#N)C(=O)C1=CN(Cc1ccc(-n3cccn3)cc1)c1ccccc12. The molecule has 1 unspecified atom stereocenters. The molecule has 4 aromatic rings. The third kappa shape index (κ3) is 3.31. The Kier molecular flexibility index (Phi) is 4.76. The second-order valence-corrected chi connectivity index (χ2v) is 8.81. The van der Waals surface area contributed by atoms with E-state index in [-0.39, 0.29) is 5.91 Å². The zero-order chi connectivity index (χ0) is 24.0. The molecular formula is C28H22N6O. The second kappa shape index (κ2) is 7.97. The van der Waals surface area contributed by atoms with Crippen LogP contribution in [0.25, 0.3) is 5.69 Å². The first-order valence-corrected chi connectivity index (χ1v) is 11.4. The molecule has 1 fully saturated rings. The molecule has 0 aliphatic carbocycles. The van der Waals surface area contributed by atoms with Gasteiger partial charge in [0, 0.05) is 36.4 Å². The van der Waals surface area contributed by atoms with Crippen molar-refractivity contribution in [3.63, 3.8) is 0 Å². The highest BCUT2D eigenvalue weighted by Crippen LogP contribution is 2.46. The van der Waals surface area contributed by atoms with Gasteiger partial charge in [-0.2, -0.15) is 10.4 Å². The molecular weight excluding hydrogens is 436 g/mol. The van der Waals surface area contributed by atoms with Crippen molar-refractivity contribution in [2.45, 2.75) is 19.0 Å². The first-order valence-electron chi connectivity index (χ1n) is 11.4. The molecule has 0 bridgehead atoms. The van der Waals surface area contributed by atoms with E-state index in [9.17, 15) is 10.1 Å². The molecule has 7 heteroatoms. The van der Waals surface area contributed by atoms with Gasteiger partial charge < -0.3 is 4.90 Å². The normalized spacial score (nSPS) is 18.6. The van der Waals surface area contributed by atoms with E-state index in [1.807, 2.05) is 60.4 Å². The monoisotopic (exact) mass is 458 g/mol. The van der Waals surface area contributed by atoms with Crippen LogP contribution in [0, 0.1) is 11.3 Å². The molecule has 0 spiro atoms. The Morgan fingerprint density at radius 2 is 1.71 bits per heavy atom. The van der Waals surface area contributed by atoms with Crippen LogP contribution in [0.4, 0.5) is 11.4 Å². The van der Waals surface area contributed by atoms with Gasteiger partial charge in [-0.3, -0.25) is 4.79 Å². The number of anilines is 2. The predicted molar refractivity (Wildman–Crippen MR) is 133 cm³/mol. The highest BCUT2D eigenvalue weighted by Gasteiger charge is 2.50. The lowest BCUT2D eigenvalue weighted by molar-refractivity contribution is -0.114. The number of rotatable bonds is 4. The summed E-state index contributed by atoms with van der Waals surface area (Å²) in [6.45, 7) is 2.62. The van der Waals surface area contributed by atoms with Gasteiger partial charge in [0.25, 0.3) is 5.91 Å². The van der Waals surface area contributed by atoms with E-state index in [4.69, 9.17) is 0 Å². The quantitative estimate of drug-likeness (QED) is 0.490. The summed E-state index contributed by atoms with van der Waals surface area (Å²) in [5, 5.41) is 15.4. The maximum Gasteiger partial charge on any atom is 0.272 e. The van der Waals surface area contributed by atoms with Crippen LogP contribution in [0.3, 0.4) is 0 Å². The Labute approximate surface area is 203 Å². The topological polar surface area (TPSA) is 77.2 Å². The van der Waals surface area contributed by atoms with Gasteiger partial charge >= 0.3 is 0 Å². The van der Waals surface area contributed by atoms with E-state index in [2.05, 4.69) is 45.8 Å². The highest BCUT2D eigenvalue weighted by atomic mass is 16.2. The lowest BCUT2D eigenvalue weighted by Crippen LogP contribution is -2.45. The number of amides is 1. The molecule has 1 amide bonds. The molecule has 7 nitrogen and oxygen atoms in total. The summed E-state index contributed by atoms with van der Waals surface area (Å²) >= 11 is 0. The van der Waals surface area contributed by atoms with E-state index < -0.39 is 5.54 Å². The summed E-state index contributed by atoms with van der Waals surface area (Å²) in [6.07, 6.45) is 5.61. The molecule has 3 heterocycles. The van der Waals surface area contributed by atoms with Crippen LogP contribution < -0.4 is 15.3 Å². The zero-order valence-electron chi connectivity index (χ0n) is 19.1. The van der Waals surface area contributed by atoms with Gasteiger partial charge in [-0.15, -0.1) is 0 Å². The highest BCUT2D eigenvalue weighted by molar-refractivity contribution is 6.11. The first kappa shape index (κ1) is 20.9. The van der Waals surface area contributed by atoms with Crippen LogP contribution in [0.2, 0.25) is 0 Å². The summed E-state index contributed by atoms with van der Waals surface area (Å²) in [5.74, 6) is -0.163. The van der Waals surface area contributed by atoms with Crippen molar-refractivity contribution in [1.82, 2.24) is 15.2 Å². The Bertz CT molecular complexity index is 1500. The fourth-order valence-corrected chi connectivity index (χ4v) is 4.87. The van der Waals surface area contributed by atoms with Gasteiger partial charge in [-0.05, 0) is 48.9 Å². The van der Waals surface area contributed by atoms with E-state index in [0.717, 1.165) is 22.5 Å². The zero-order valence-corrected chi connectivity index (χ0v) is 19.1. The van der Waals surface area contributed by atoms with Crippen molar-refractivity contribution in [3.05, 3.63) is 120 Å². The molecule has 1 saturated heterocycles. The van der Waals surface area contributed by atoms with E-state index in [1.165, 1.54) is 5.01 Å². The Hall–Kier alpha value is -4.67. The number of nitrogens with one attached hydrogen (secondary N) is 1. The van der Waals surface area contributed by atoms with Crippen molar-refractivity contribution in [3.8, 4) is 11.8 Å². The van der Waals surface area contributed by atoms with Crippen molar-refractivity contribution < 1.29 is 4.79 Å². The Morgan fingerprint density at radius 1 is 0.971 bits per heavy atom. The van der Waals surface area contributed by atoms with Crippen LogP contribution in [0.5, 0.6) is 0 Å². The number of benzene rings is 3. The fraction of sp³-hybridized carbons (Fsp3) is 0.107. The molecule has 3 aromatic carbocycles. The second-order valence-electron chi connectivity index (χ2n) is 8.81. The molecule has 2 aliphatic rings. The van der Waals surface area contributed by atoms with E-state index in [0.29, 0.717) is 23.4 Å². The van der Waals surface area contributed by atoms with Crippen LogP contribution in [-0.4, -0.2) is 15.7 Å². The number of para-hydroxylation sites is 2. The average molecular weight is 459 g/mol. The van der Waals surface area contributed by atoms with Crippen LogP contribution in [-0.2, 0) is 16.9 Å². The van der Waals surface area contributed by atoms with Gasteiger partial charge in [0.2, 0.25) is 0 Å². The summed E-state index contributed by atoms with van der Waals surface area (Å²) in [7, 11) is 0. The largest absolute Gasteiger partial charge is 0.343 e. The van der Waals surface area contributed by atoms with Gasteiger partial charge in [-0.1, -0.05) is 42.5 Å². The molecule has 35 heavy (non-hydrogen) atoms. The number of nitrogens with zero attached hydrogens (tertiary/aromatic N) is 5. The lowest BCUT2D eigenvalue weighted by Gasteiger charge is -2.37. The number of carbonyl (C=O) groups is 1. The summed E-state index contributed by atoms with van der Waals surface area (Å²) in [4.78, 5) is 15.8. The summed E-state index contributed by atoms with van der Waals surface area (Å²) in [5.41, 5.74) is 8.47. The maximum absolute atomic E-state index is 13.6. The van der Waals surface area contributed by atoms with E-state index >= 15 is 0 Å². The van der Waals surface area contributed by atoms with Crippen molar-refractivity contribution in [1.29, 1.82) is 5.26 Å². The number of hydrogen-bond donors (Lipinski definition) is 1. The van der Waals surface area contributed by atoms with Crippen molar-refractivity contribution in [2.24, 2.45) is 0 Å². The number of nitriles is 1. The minimum Gasteiger partial charge on any atom is -0.343 e. The van der Waals surface area contributed by atoms with Crippen LogP contribution in [0.1, 0.15) is 23.6 Å². The average Bonchev–Trinajstić information content (AvgIpc) is 3.52. The molecule has 0 radical (unpaired) electrons. The fourth-order valence-electron chi connectivity index (χ4n) is 4.87. The third-order valence-electron chi connectivity index (χ3n) is 6.67. The minimum atomic E-state index is -0.712. The molecule has 2 aliphatic heterocycles. The molecule has 1 atom stereocenters. The summed E-state index contributed by atoms with van der Waals surface area (Å²) in [6, 6.07) is 27.6. The molecule has 1 N–H and O–H groups in total.